The Morgan fingerprint density at radius 1 is 1.08 bits per heavy atom. The number of amides is 1. The Labute approximate surface area is 159 Å². The fourth-order valence-electron chi connectivity index (χ4n) is 2.27. The Morgan fingerprint density at radius 3 is 2.62 bits per heavy atom. The monoisotopic (exact) mass is 388 g/mol. The number of aliphatic hydroxyl groups excluding tert-OH is 1. The van der Waals surface area contributed by atoms with Crippen LogP contribution in [0.3, 0.4) is 0 Å². The minimum Gasteiger partial charge on any atom is -0.455 e. The maximum absolute atomic E-state index is 11.9. The highest BCUT2D eigenvalue weighted by molar-refractivity contribution is 6.43. The van der Waals surface area contributed by atoms with Crippen molar-refractivity contribution >= 4 is 35.3 Å². The molecule has 2 aromatic carbocycles. The first-order valence-corrected chi connectivity index (χ1v) is 8.42. The van der Waals surface area contributed by atoms with Crippen molar-refractivity contribution in [3.05, 3.63) is 82.0 Å². The number of nitrogens with one attached hydrogen (secondary N) is 1. The molecule has 26 heavy (non-hydrogen) atoms. The molecule has 1 amide bonds. The second-order valence-electron chi connectivity index (χ2n) is 5.35. The zero-order chi connectivity index (χ0) is 18.5. The molecule has 0 aliphatic carbocycles. The number of benzene rings is 2. The summed E-state index contributed by atoms with van der Waals surface area (Å²) in [6.07, 6.45) is 0.0307. The minimum absolute atomic E-state index is 0.395. The molecule has 0 aliphatic rings. The van der Waals surface area contributed by atoms with Crippen LogP contribution in [-0.4, -0.2) is 17.2 Å². The van der Waals surface area contributed by atoms with Crippen molar-refractivity contribution in [3.63, 3.8) is 0 Å². The van der Waals surface area contributed by atoms with Gasteiger partial charge in [-0.15, -0.1) is 0 Å². The maximum atomic E-state index is 11.9. The molecule has 1 aromatic heterocycles. The Morgan fingerprint density at radius 2 is 1.85 bits per heavy atom. The van der Waals surface area contributed by atoms with E-state index in [0.29, 0.717) is 32.7 Å². The highest BCUT2D eigenvalue weighted by Gasteiger charge is 2.16. The van der Waals surface area contributed by atoms with E-state index in [1.807, 2.05) is 0 Å². The van der Waals surface area contributed by atoms with Crippen molar-refractivity contribution in [2.45, 2.75) is 6.10 Å². The summed E-state index contributed by atoms with van der Waals surface area (Å²) in [6, 6.07) is 17.2. The average molecular weight is 389 g/mol. The first-order chi connectivity index (χ1) is 12.6. The van der Waals surface area contributed by atoms with Crippen molar-refractivity contribution in [3.8, 4) is 11.3 Å². The Hall–Kier alpha value is -2.60. The molecular weight excluding hydrogens is 375 g/mol. The molecule has 0 unspecified atom stereocenters. The molecule has 7 heteroatoms. The van der Waals surface area contributed by atoms with E-state index in [2.05, 4.69) is 10.5 Å². The maximum Gasteiger partial charge on any atom is 0.273 e. The number of rotatable bonds is 5. The van der Waals surface area contributed by atoms with Crippen molar-refractivity contribution in [2.75, 3.05) is 0 Å². The molecular formula is C19H14Cl2N2O3. The van der Waals surface area contributed by atoms with Gasteiger partial charge < -0.3 is 9.52 Å². The Kier molecular flexibility index (Phi) is 5.73. The zero-order valence-electron chi connectivity index (χ0n) is 13.4. The van der Waals surface area contributed by atoms with Crippen molar-refractivity contribution < 1.29 is 14.3 Å². The van der Waals surface area contributed by atoms with Crippen LogP contribution in [0.4, 0.5) is 0 Å². The molecule has 0 spiro atoms. The highest BCUT2D eigenvalue weighted by atomic mass is 35.5. The van der Waals surface area contributed by atoms with E-state index in [1.54, 1.807) is 60.7 Å². The van der Waals surface area contributed by atoms with Gasteiger partial charge >= 0.3 is 0 Å². The molecule has 2 N–H and O–H groups in total. The molecule has 0 aliphatic heterocycles. The molecule has 1 heterocycles. The van der Waals surface area contributed by atoms with Crippen LogP contribution in [0.15, 0.2) is 70.2 Å². The Balaban J connectivity index is 1.66. The smallest absolute Gasteiger partial charge is 0.273 e. The second kappa shape index (κ2) is 8.19. The second-order valence-corrected chi connectivity index (χ2v) is 6.14. The van der Waals surface area contributed by atoms with Crippen LogP contribution < -0.4 is 5.43 Å². The highest BCUT2D eigenvalue weighted by Crippen LogP contribution is 2.34. The summed E-state index contributed by atoms with van der Waals surface area (Å²) in [5, 5.41) is 14.6. The molecule has 1 atom stereocenters. The number of hydrazone groups is 1. The molecule has 0 bridgehead atoms. The van der Waals surface area contributed by atoms with Gasteiger partial charge in [0.1, 0.15) is 11.5 Å². The van der Waals surface area contributed by atoms with E-state index in [0.717, 1.165) is 0 Å². The van der Waals surface area contributed by atoms with Gasteiger partial charge in [-0.2, -0.15) is 5.10 Å². The third kappa shape index (κ3) is 4.14. The molecule has 0 radical (unpaired) electrons. The third-order valence-electron chi connectivity index (χ3n) is 3.57. The van der Waals surface area contributed by atoms with Crippen LogP contribution in [0.1, 0.15) is 17.4 Å². The van der Waals surface area contributed by atoms with E-state index in [9.17, 15) is 9.90 Å². The SMILES string of the molecule is O=C(N/N=C\c1ccc(-c2cccc(Cl)c2Cl)o1)[C@@H](O)c1ccccc1. The average Bonchev–Trinajstić information content (AvgIpc) is 3.12. The molecule has 5 nitrogen and oxygen atoms in total. The fourth-order valence-corrected chi connectivity index (χ4v) is 2.66. The summed E-state index contributed by atoms with van der Waals surface area (Å²) in [4.78, 5) is 11.9. The van der Waals surface area contributed by atoms with E-state index < -0.39 is 12.0 Å². The van der Waals surface area contributed by atoms with Gasteiger partial charge in [0, 0.05) is 5.56 Å². The molecule has 0 fully saturated rings. The van der Waals surface area contributed by atoms with E-state index in [1.165, 1.54) is 6.21 Å². The largest absolute Gasteiger partial charge is 0.455 e. The normalized spacial score (nSPS) is 12.3. The van der Waals surface area contributed by atoms with E-state index in [-0.39, 0.29) is 0 Å². The quantitative estimate of drug-likeness (QED) is 0.501. The molecule has 0 saturated heterocycles. The van der Waals surface area contributed by atoms with E-state index >= 15 is 0 Å². The van der Waals surface area contributed by atoms with Crippen LogP contribution in [0.2, 0.25) is 10.0 Å². The van der Waals surface area contributed by atoms with Crippen molar-refractivity contribution in [1.29, 1.82) is 0 Å². The number of halogens is 2. The lowest BCUT2D eigenvalue weighted by molar-refractivity contribution is -0.129. The standard InChI is InChI=1S/C19H14Cl2N2O3/c20-15-8-4-7-14(17(15)21)16-10-9-13(26-16)11-22-23-19(25)18(24)12-5-2-1-3-6-12/h1-11,18,24H,(H,23,25)/b22-11-/t18-/m0/s1. The van der Waals surface area contributed by atoms with Gasteiger partial charge in [-0.25, -0.2) is 5.43 Å². The fraction of sp³-hybridized carbons (Fsp3) is 0.0526. The predicted octanol–water partition coefficient (Wildman–Crippen LogP) is 4.44. The topological polar surface area (TPSA) is 74.8 Å². The summed E-state index contributed by atoms with van der Waals surface area (Å²) in [7, 11) is 0. The van der Waals surface area contributed by atoms with Crippen LogP contribution >= 0.6 is 23.2 Å². The van der Waals surface area contributed by atoms with Gasteiger partial charge in [-0.3, -0.25) is 4.79 Å². The van der Waals surface area contributed by atoms with Gasteiger partial charge in [0.2, 0.25) is 0 Å². The van der Waals surface area contributed by atoms with Crippen LogP contribution in [0, 0.1) is 0 Å². The number of carbonyl (C=O) groups is 1. The van der Waals surface area contributed by atoms with Gasteiger partial charge in [-0.05, 0) is 29.8 Å². The predicted molar refractivity (Wildman–Crippen MR) is 101 cm³/mol. The molecule has 132 valence electrons. The lowest BCUT2D eigenvalue weighted by atomic mass is 10.1. The minimum atomic E-state index is -1.30. The lowest BCUT2D eigenvalue weighted by Gasteiger charge is -2.08. The van der Waals surface area contributed by atoms with E-state index in [4.69, 9.17) is 27.6 Å². The summed E-state index contributed by atoms with van der Waals surface area (Å²) in [5.74, 6) is 0.289. The summed E-state index contributed by atoms with van der Waals surface area (Å²) in [6.45, 7) is 0. The number of furan rings is 1. The first kappa shape index (κ1) is 18.2. The molecule has 0 saturated carbocycles. The number of carbonyl (C=O) groups excluding carboxylic acids is 1. The Bertz CT molecular complexity index is 939. The first-order valence-electron chi connectivity index (χ1n) is 7.66. The summed E-state index contributed by atoms with van der Waals surface area (Å²) >= 11 is 12.2. The number of hydrogen-bond donors (Lipinski definition) is 2. The number of nitrogens with zero attached hydrogens (tertiary/aromatic N) is 1. The van der Waals surface area contributed by atoms with Gasteiger partial charge in [0.05, 0.1) is 16.3 Å². The molecule has 3 rings (SSSR count). The van der Waals surface area contributed by atoms with Gasteiger partial charge in [-0.1, -0.05) is 59.6 Å². The van der Waals surface area contributed by atoms with Gasteiger partial charge in [0.15, 0.2) is 6.10 Å². The summed E-state index contributed by atoms with van der Waals surface area (Å²) < 4.78 is 5.63. The molecule has 3 aromatic rings. The van der Waals surface area contributed by atoms with Crippen LogP contribution in [0.5, 0.6) is 0 Å². The lowest BCUT2D eigenvalue weighted by Crippen LogP contribution is -2.25. The number of aliphatic hydroxyl groups is 1. The van der Waals surface area contributed by atoms with Crippen LogP contribution in [0.25, 0.3) is 11.3 Å². The number of hydrogen-bond acceptors (Lipinski definition) is 4. The van der Waals surface area contributed by atoms with Crippen LogP contribution in [-0.2, 0) is 4.79 Å². The van der Waals surface area contributed by atoms with Gasteiger partial charge in [0.25, 0.3) is 5.91 Å². The van der Waals surface area contributed by atoms with Crippen molar-refractivity contribution in [1.82, 2.24) is 5.43 Å². The zero-order valence-corrected chi connectivity index (χ0v) is 14.9. The summed E-state index contributed by atoms with van der Waals surface area (Å²) in [5.41, 5.74) is 3.41. The van der Waals surface area contributed by atoms with Crippen molar-refractivity contribution in [2.24, 2.45) is 5.10 Å². The third-order valence-corrected chi connectivity index (χ3v) is 4.39.